The molecule has 47 heavy (non-hydrogen) atoms. The van der Waals surface area contributed by atoms with Crippen molar-refractivity contribution < 1.29 is 18.9 Å². The van der Waals surface area contributed by atoms with Gasteiger partial charge in [-0.3, -0.25) is 0 Å². The molecule has 2 aromatic rings. The van der Waals surface area contributed by atoms with Gasteiger partial charge in [-0.25, -0.2) is 0 Å². The number of ether oxygens (including phenoxy) is 4. The molecule has 7 heteroatoms. The molecule has 0 aromatic heterocycles. The van der Waals surface area contributed by atoms with Crippen LogP contribution in [0, 0.1) is 13.8 Å². The SMILES string of the molecule is COCCN1/C(=C/C=C2\CCCC(/C=C/C3N(CCOC)c4c(C)cc(OC)cc4C3(C)C)=C2Cl)C(C)(C)c2cc(OC)cc(C)c21. The number of hydrogen-bond donors (Lipinski definition) is 0. The van der Waals surface area contributed by atoms with Crippen molar-refractivity contribution in [3.05, 3.63) is 92.7 Å². The highest BCUT2D eigenvalue weighted by atomic mass is 35.5. The van der Waals surface area contributed by atoms with E-state index in [0.717, 1.165) is 48.9 Å². The van der Waals surface area contributed by atoms with Crippen molar-refractivity contribution >= 4 is 23.0 Å². The first-order valence-electron chi connectivity index (χ1n) is 16.8. The third kappa shape index (κ3) is 6.49. The summed E-state index contributed by atoms with van der Waals surface area (Å²) in [7, 11) is 7.00. The van der Waals surface area contributed by atoms with Crippen LogP contribution in [0.3, 0.4) is 0 Å². The molecule has 2 aromatic carbocycles. The normalized spacial score (nSPS) is 21.7. The van der Waals surface area contributed by atoms with E-state index in [1.165, 1.54) is 50.5 Å². The Bertz CT molecular complexity index is 1620. The number of aryl methyl sites for hydroxylation is 2. The summed E-state index contributed by atoms with van der Waals surface area (Å²) in [6.45, 7) is 16.5. The fourth-order valence-corrected chi connectivity index (χ4v) is 8.13. The predicted molar refractivity (Wildman–Crippen MR) is 196 cm³/mol. The zero-order valence-electron chi connectivity index (χ0n) is 30.1. The van der Waals surface area contributed by atoms with Gasteiger partial charge in [0.2, 0.25) is 0 Å². The van der Waals surface area contributed by atoms with Gasteiger partial charge in [0.15, 0.2) is 0 Å². The van der Waals surface area contributed by atoms with Crippen LogP contribution < -0.4 is 19.3 Å². The van der Waals surface area contributed by atoms with E-state index >= 15 is 0 Å². The van der Waals surface area contributed by atoms with E-state index in [9.17, 15) is 0 Å². The molecular formula is C40H53ClN2O4. The van der Waals surface area contributed by atoms with Crippen molar-refractivity contribution in [2.24, 2.45) is 0 Å². The van der Waals surface area contributed by atoms with Crippen LogP contribution in [0.5, 0.6) is 11.5 Å². The van der Waals surface area contributed by atoms with Crippen LogP contribution in [0.2, 0.25) is 0 Å². The number of allylic oxidation sites excluding steroid dienone is 7. The molecule has 0 amide bonds. The smallest absolute Gasteiger partial charge is 0.119 e. The van der Waals surface area contributed by atoms with E-state index in [4.69, 9.17) is 30.5 Å². The molecule has 0 fully saturated rings. The van der Waals surface area contributed by atoms with Crippen molar-refractivity contribution in [2.45, 2.75) is 77.7 Å². The summed E-state index contributed by atoms with van der Waals surface area (Å²) in [5, 5.41) is 0.869. The Morgan fingerprint density at radius 3 is 2.06 bits per heavy atom. The monoisotopic (exact) mass is 660 g/mol. The molecule has 1 atom stereocenters. The Hall–Kier alpha value is -3.19. The van der Waals surface area contributed by atoms with Crippen LogP contribution in [0.15, 0.2) is 70.4 Å². The molecule has 3 aliphatic rings. The Kier molecular flexibility index (Phi) is 10.5. The molecule has 0 N–H and O–H groups in total. The molecule has 2 aliphatic heterocycles. The highest BCUT2D eigenvalue weighted by Crippen LogP contribution is 2.51. The van der Waals surface area contributed by atoms with E-state index in [2.05, 4.69) is 99.9 Å². The number of halogens is 1. The highest BCUT2D eigenvalue weighted by molar-refractivity contribution is 6.32. The minimum Gasteiger partial charge on any atom is -0.497 e. The van der Waals surface area contributed by atoms with Crippen LogP contribution in [0.4, 0.5) is 11.4 Å². The zero-order valence-corrected chi connectivity index (χ0v) is 30.8. The zero-order chi connectivity index (χ0) is 34.1. The van der Waals surface area contributed by atoms with Gasteiger partial charge in [-0.15, -0.1) is 0 Å². The quantitative estimate of drug-likeness (QED) is 0.240. The van der Waals surface area contributed by atoms with Crippen molar-refractivity contribution in [3.8, 4) is 11.5 Å². The maximum atomic E-state index is 7.24. The van der Waals surface area contributed by atoms with Crippen molar-refractivity contribution in [2.75, 3.05) is 64.5 Å². The molecule has 1 aliphatic carbocycles. The van der Waals surface area contributed by atoms with Gasteiger partial charge in [-0.1, -0.05) is 57.5 Å². The van der Waals surface area contributed by atoms with E-state index in [1.54, 1.807) is 28.4 Å². The van der Waals surface area contributed by atoms with Gasteiger partial charge in [0, 0.05) is 60.2 Å². The molecule has 1 unspecified atom stereocenters. The average molecular weight is 661 g/mol. The van der Waals surface area contributed by atoms with E-state index in [1.807, 2.05) is 0 Å². The first-order valence-corrected chi connectivity index (χ1v) is 17.2. The van der Waals surface area contributed by atoms with E-state index in [0.29, 0.717) is 13.2 Å². The molecule has 5 rings (SSSR count). The van der Waals surface area contributed by atoms with Gasteiger partial charge in [-0.2, -0.15) is 0 Å². The van der Waals surface area contributed by atoms with Crippen molar-refractivity contribution in [1.82, 2.24) is 0 Å². The number of anilines is 2. The maximum absolute atomic E-state index is 7.24. The summed E-state index contributed by atoms with van der Waals surface area (Å²) < 4.78 is 22.4. The number of nitrogens with zero attached hydrogens (tertiary/aromatic N) is 2. The number of fused-ring (bicyclic) bond motifs is 2. The van der Waals surface area contributed by atoms with Crippen molar-refractivity contribution in [3.63, 3.8) is 0 Å². The van der Waals surface area contributed by atoms with Crippen LogP contribution in [0.1, 0.15) is 69.2 Å². The minimum absolute atomic E-state index is 0.126. The summed E-state index contributed by atoms with van der Waals surface area (Å²) in [5.74, 6) is 1.79. The molecule has 0 radical (unpaired) electrons. The fraction of sp³-hybridized carbons (Fsp3) is 0.500. The molecule has 0 bridgehead atoms. The lowest BCUT2D eigenvalue weighted by Gasteiger charge is -2.33. The van der Waals surface area contributed by atoms with Gasteiger partial charge in [0.05, 0.1) is 33.5 Å². The number of methoxy groups -OCH3 is 4. The minimum atomic E-state index is -0.206. The Morgan fingerprint density at radius 1 is 0.809 bits per heavy atom. The lowest BCUT2D eigenvalue weighted by Crippen LogP contribution is -2.41. The molecule has 0 saturated heterocycles. The van der Waals surface area contributed by atoms with Gasteiger partial charge in [0.1, 0.15) is 11.5 Å². The lowest BCUT2D eigenvalue weighted by atomic mass is 9.79. The predicted octanol–water partition coefficient (Wildman–Crippen LogP) is 8.92. The molecular weight excluding hydrogens is 608 g/mol. The fourth-order valence-electron chi connectivity index (χ4n) is 7.81. The van der Waals surface area contributed by atoms with Crippen molar-refractivity contribution in [1.29, 1.82) is 0 Å². The first-order chi connectivity index (χ1) is 22.4. The summed E-state index contributed by atoms with van der Waals surface area (Å²) in [4.78, 5) is 4.91. The third-order valence-electron chi connectivity index (χ3n) is 10.4. The topological polar surface area (TPSA) is 43.4 Å². The number of benzene rings is 2. The van der Waals surface area contributed by atoms with Crippen LogP contribution in [-0.4, -0.2) is 60.8 Å². The van der Waals surface area contributed by atoms with Gasteiger partial charge < -0.3 is 28.7 Å². The second kappa shape index (κ2) is 14.1. The Balaban J connectivity index is 1.50. The van der Waals surface area contributed by atoms with Crippen LogP contribution in [0.25, 0.3) is 0 Å². The average Bonchev–Trinajstić information content (AvgIpc) is 3.39. The van der Waals surface area contributed by atoms with E-state index in [-0.39, 0.29) is 16.9 Å². The molecule has 6 nitrogen and oxygen atoms in total. The number of hydrogen-bond acceptors (Lipinski definition) is 6. The molecule has 2 heterocycles. The molecule has 0 spiro atoms. The summed E-state index contributed by atoms with van der Waals surface area (Å²) in [6, 6.07) is 8.79. The van der Waals surface area contributed by atoms with Gasteiger partial charge in [-0.05, 0) is 96.9 Å². The molecule has 0 saturated carbocycles. The van der Waals surface area contributed by atoms with E-state index < -0.39 is 0 Å². The Morgan fingerprint density at radius 2 is 1.43 bits per heavy atom. The molecule has 254 valence electrons. The number of rotatable bonds is 11. The maximum Gasteiger partial charge on any atom is 0.119 e. The lowest BCUT2D eigenvalue weighted by molar-refractivity contribution is 0.203. The standard InChI is InChI=1S/C40H53ClN2O4/c1-26-22-30(46-9)24-32-37(26)42(18-20-44-7)34(39(32,3)4)16-14-28-12-11-13-29(36(28)41)15-17-35-40(5,6)33-25-31(47-10)23-27(2)38(33)43(35)19-21-45-8/h14-17,22-25,34H,11-13,18-21H2,1-10H3/b16-14+,29-15+,35-17+. The van der Waals surface area contributed by atoms with Crippen LogP contribution >= 0.6 is 11.6 Å². The second-order valence-corrected chi connectivity index (χ2v) is 14.5. The van der Waals surface area contributed by atoms with Crippen LogP contribution in [-0.2, 0) is 20.3 Å². The second-order valence-electron chi connectivity index (χ2n) is 14.1. The summed E-state index contributed by atoms with van der Waals surface area (Å²) in [5.41, 5.74) is 10.8. The van der Waals surface area contributed by atoms with Gasteiger partial charge in [0.25, 0.3) is 0 Å². The third-order valence-corrected chi connectivity index (χ3v) is 10.9. The largest absolute Gasteiger partial charge is 0.497 e. The summed E-state index contributed by atoms with van der Waals surface area (Å²) >= 11 is 7.24. The Labute approximate surface area is 287 Å². The van der Waals surface area contributed by atoms with Gasteiger partial charge >= 0.3 is 0 Å². The first kappa shape index (κ1) is 35.1. The summed E-state index contributed by atoms with van der Waals surface area (Å²) in [6.07, 6.45) is 12.2. The highest BCUT2D eigenvalue weighted by Gasteiger charge is 2.44.